The molecule has 0 radical (unpaired) electrons. The summed E-state index contributed by atoms with van der Waals surface area (Å²) in [5.74, 6) is 0. The molecule has 50 heavy (non-hydrogen) atoms. The van der Waals surface area contributed by atoms with E-state index in [1.54, 1.807) is 0 Å². The van der Waals surface area contributed by atoms with Crippen LogP contribution in [-0.4, -0.2) is 9.13 Å². The molecule has 11 aromatic rings. The molecular formula is C48H28N2. The predicted molar refractivity (Wildman–Crippen MR) is 212 cm³/mol. The molecule has 2 heteroatoms. The highest BCUT2D eigenvalue weighted by atomic mass is 15.0. The molecule has 9 aromatic carbocycles. The molecular weight excluding hydrogens is 605 g/mol. The molecule has 2 aromatic heterocycles. The van der Waals surface area contributed by atoms with E-state index in [4.69, 9.17) is 0 Å². The zero-order valence-corrected chi connectivity index (χ0v) is 27.1. The highest BCUT2D eigenvalue weighted by Gasteiger charge is 2.25. The van der Waals surface area contributed by atoms with Gasteiger partial charge >= 0.3 is 0 Å². The van der Waals surface area contributed by atoms with Crippen LogP contribution in [-0.2, 0) is 0 Å². The van der Waals surface area contributed by atoms with Gasteiger partial charge in [0.25, 0.3) is 0 Å². The Kier molecular flexibility index (Phi) is 5.00. The molecule has 0 spiro atoms. The number of benzene rings is 9. The molecule has 0 amide bonds. The Bertz CT molecular complexity index is 3260. The van der Waals surface area contributed by atoms with Crippen LogP contribution in [0.5, 0.6) is 0 Å². The molecule has 0 N–H and O–H groups in total. The summed E-state index contributed by atoms with van der Waals surface area (Å²) in [5.41, 5.74) is 12.6. The average molecular weight is 633 g/mol. The van der Waals surface area contributed by atoms with E-state index in [9.17, 15) is 0 Å². The molecule has 0 unspecified atom stereocenters. The van der Waals surface area contributed by atoms with Gasteiger partial charge in [0.15, 0.2) is 0 Å². The first-order chi connectivity index (χ1) is 24.8. The number of hydrogen-bond donors (Lipinski definition) is 0. The zero-order valence-electron chi connectivity index (χ0n) is 27.1. The van der Waals surface area contributed by atoms with Gasteiger partial charge in [-0.05, 0) is 85.6 Å². The first-order valence-electron chi connectivity index (χ1n) is 17.4. The number of hydrogen-bond acceptors (Lipinski definition) is 0. The molecule has 12 rings (SSSR count). The van der Waals surface area contributed by atoms with Crippen LogP contribution in [0, 0.1) is 0 Å². The lowest BCUT2D eigenvalue weighted by Gasteiger charge is -2.13. The fourth-order valence-electron chi connectivity index (χ4n) is 9.19. The van der Waals surface area contributed by atoms with Gasteiger partial charge < -0.3 is 9.13 Å². The van der Waals surface area contributed by atoms with E-state index in [1.807, 2.05) is 0 Å². The van der Waals surface area contributed by atoms with Crippen molar-refractivity contribution < 1.29 is 0 Å². The molecule has 0 saturated carbocycles. The lowest BCUT2D eigenvalue weighted by Crippen LogP contribution is -1.97. The van der Waals surface area contributed by atoms with Gasteiger partial charge in [0, 0.05) is 32.6 Å². The highest BCUT2D eigenvalue weighted by Crippen LogP contribution is 2.49. The fourth-order valence-corrected chi connectivity index (χ4v) is 9.19. The zero-order chi connectivity index (χ0) is 32.5. The van der Waals surface area contributed by atoms with Gasteiger partial charge in [0.05, 0.1) is 27.8 Å². The van der Waals surface area contributed by atoms with Crippen LogP contribution in [0.15, 0.2) is 170 Å². The Hall–Kier alpha value is -6.64. The van der Waals surface area contributed by atoms with Gasteiger partial charge in [-0.3, -0.25) is 0 Å². The van der Waals surface area contributed by atoms with Crippen molar-refractivity contribution in [2.75, 3.05) is 0 Å². The third-order valence-corrected chi connectivity index (χ3v) is 11.2. The van der Waals surface area contributed by atoms with Crippen molar-refractivity contribution >= 4 is 75.9 Å². The van der Waals surface area contributed by atoms with E-state index >= 15 is 0 Å². The summed E-state index contributed by atoms with van der Waals surface area (Å²) in [5, 5.41) is 12.8. The van der Waals surface area contributed by atoms with Crippen LogP contribution in [0.25, 0.3) is 110 Å². The summed E-state index contributed by atoms with van der Waals surface area (Å²) in [4.78, 5) is 0. The molecule has 1 aliphatic carbocycles. The molecule has 0 saturated heterocycles. The second-order valence-electron chi connectivity index (χ2n) is 13.7. The summed E-state index contributed by atoms with van der Waals surface area (Å²) < 4.78 is 5.04. The number of aromatic nitrogens is 2. The van der Waals surface area contributed by atoms with Crippen LogP contribution in [0.4, 0.5) is 0 Å². The second-order valence-corrected chi connectivity index (χ2v) is 13.7. The van der Waals surface area contributed by atoms with E-state index in [0.717, 1.165) is 0 Å². The van der Waals surface area contributed by atoms with Gasteiger partial charge in [-0.25, -0.2) is 0 Å². The summed E-state index contributed by atoms with van der Waals surface area (Å²) in [7, 11) is 0. The first-order valence-corrected chi connectivity index (χ1v) is 17.4. The van der Waals surface area contributed by atoms with E-state index < -0.39 is 0 Å². The van der Waals surface area contributed by atoms with Crippen molar-refractivity contribution in [2.24, 2.45) is 0 Å². The lowest BCUT2D eigenvalue weighted by atomic mass is 10.0. The Morgan fingerprint density at radius 3 is 1.80 bits per heavy atom. The molecule has 0 bridgehead atoms. The Morgan fingerprint density at radius 2 is 0.920 bits per heavy atom. The van der Waals surface area contributed by atoms with Gasteiger partial charge in [0.2, 0.25) is 0 Å². The monoisotopic (exact) mass is 632 g/mol. The molecule has 2 nitrogen and oxygen atoms in total. The van der Waals surface area contributed by atoms with Crippen LogP contribution in [0.1, 0.15) is 0 Å². The molecule has 0 aliphatic heterocycles. The minimum Gasteiger partial charge on any atom is -0.309 e. The SMILES string of the molecule is c1ccc2c(c1)-c1cccc3cc(-n4c5ccccc5c5c4ccc4c6c7ccccc7ccc6n(-c6cccc7ccccc67)c45)cc-2c13. The van der Waals surface area contributed by atoms with Crippen molar-refractivity contribution in [2.45, 2.75) is 0 Å². The van der Waals surface area contributed by atoms with Crippen LogP contribution < -0.4 is 0 Å². The molecule has 0 fully saturated rings. The Balaban J connectivity index is 1.28. The number of para-hydroxylation sites is 1. The highest BCUT2D eigenvalue weighted by molar-refractivity contribution is 6.30. The second kappa shape index (κ2) is 9.49. The quantitative estimate of drug-likeness (QED) is 0.179. The van der Waals surface area contributed by atoms with E-state index in [0.29, 0.717) is 0 Å². The summed E-state index contributed by atoms with van der Waals surface area (Å²) in [6.45, 7) is 0. The van der Waals surface area contributed by atoms with E-state index in [2.05, 4.69) is 179 Å². The summed E-state index contributed by atoms with van der Waals surface area (Å²) >= 11 is 0. The minimum atomic E-state index is 1.19. The number of fused-ring (bicyclic) bond motifs is 13. The predicted octanol–water partition coefficient (Wildman–Crippen LogP) is 13.0. The maximum atomic E-state index is 2.54. The average Bonchev–Trinajstić information content (AvgIpc) is 3.81. The number of rotatable bonds is 2. The molecule has 230 valence electrons. The topological polar surface area (TPSA) is 9.86 Å². The smallest absolute Gasteiger partial charge is 0.0641 e. The van der Waals surface area contributed by atoms with Crippen molar-refractivity contribution in [1.82, 2.24) is 9.13 Å². The first kappa shape index (κ1) is 26.3. The Labute approximate surface area is 287 Å². The maximum absolute atomic E-state index is 2.54. The van der Waals surface area contributed by atoms with Gasteiger partial charge in [-0.1, -0.05) is 133 Å². The molecule has 1 aliphatic rings. The summed E-state index contributed by atoms with van der Waals surface area (Å²) in [6.07, 6.45) is 0. The van der Waals surface area contributed by atoms with E-state index in [1.165, 1.54) is 110 Å². The van der Waals surface area contributed by atoms with E-state index in [-0.39, 0.29) is 0 Å². The Morgan fingerprint density at radius 1 is 0.300 bits per heavy atom. The van der Waals surface area contributed by atoms with Crippen molar-refractivity contribution in [3.63, 3.8) is 0 Å². The normalized spacial score (nSPS) is 12.4. The van der Waals surface area contributed by atoms with Crippen molar-refractivity contribution in [3.05, 3.63) is 170 Å². The minimum absolute atomic E-state index is 1.19. The maximum Gasteiger partial charge on any atom is 0.0641 e. The van der Waals surface area contributed by atoms with Crippen LogP contribution >= 0.6 is 0 Å². The van der Waals surface area contributed by atoms with Crippen LogP contribution in [0.2, 0.25) is 0 Å². The standard InChI is InChI=1S/C48H28N2/c1-3-15-33-29(11-1)13-10-22-41(33)50-43-25-23-30-12-2-4-16-34(30)46(43)39-24-26-44-47(48(39)50)38-19-7-8-21-42(38)49(44)32-27-31-14-9-20-37-35-17-5-6-18-36(35)40(28-32)45(31)37/h1-28H. The summed E-state index contributed by atoms with van der Waals surface area (Å²) in [6, 6.07) is 63.0. The third-order valence-electron chi connectivity index (χ3n) is 11.2. The van der Waals surface area contributed by atoms with Crippen molar-refractivity contribution in [1.29, 1.82) is 0 Å². The van der Waals surface area contributed by atoms with Gasteiger partial charge in [-0.15, -0.1) is 0 Å². The molecule has 0 atom stereocenters. The van der Waals surface area contributed by atoms with Gasteiger partial charge in [0.1, 0.15) is 0 Å². The lowest BCUT2D eigenvalue weighted by molar-refractivity contribution is 1.18. The number of nitrogens with zero attached hydrogens (tertiary/aromatic N) is 2. The fraction of sp³-hybridized carbons (Fsp3) is 0. The van der Waals surface area contributed by atoms with Gasteiger partial charge in [-0.2, -0.15) is 0 Å². The van der Waals surface area contributed by atoms with Crippen molar-refractivity contribution in [3.8, 4) is 33.6 Å². The third kappa shape index (κ3) is 3.28. The van der Waals surface area contributed by atoms with Crippen LogP contribution in [0.3, 0.4) is 0 Å². The largest absolute Gasteiger partial charge is 0.309 e. The molecule has 2 heterocycles.